The third-order valence-corrected chi connectivity index (χ3v) is 4.24. The maximum absolute atomic E-state index is 12.1. The summed E-state index contributed by atoms with van der Waals surface area (Å²) < 4.78 is 0. The third-order valence-electron chi connectivity index (χ3n) is 4.24. The number of amides is 1. The first kappa shape index (κ1) is 11.9. The molecule has 0 aromatic heterocycles. The monoisotopic (exact) mass is 224 g/mol. The lowest BCUT2D eigenvalue weighted by atomic mass is 10.0. The zero-order valence-electron chi connectivity index (χ0n) is 10.3. The van der Waals surface area contributed by atoms with E-state index in [0.29, 0.717) is 17.7 Å². The highest BCUT2D eigenvalue weighted by molar-refractivity contribution is 5.76. The van der Waals surface area contributed by atoms with Gasteiger partial charge in [0, 0.05) is 19.5 Å². The van der Waals surface area contributed by atoms with Crippen molar-refractivity contribution < 1.29 is 4.79 Å². The van der Waals surface area contributed by atoms with Crippen LogP contribution in [0.5, 0.6) is 0 Å². The van der Waals surface area contributed by atoms with Gasteiger partial charge in [-0.2, -0.15) is 0 Å². The summed E-state index contributed by atoms with van der Waals surface area (Å²) in [6, 6.07) is 0. The molecule has 0 spiro atoms. The standard InChI is InChI=1S/C13H24N2O/c1-10-2-3-11(6-10)7-13(16)15-5-4-12(8-14)9-15/h10-12H,2-9,14H2,1H3. The van der Waals surface area contributed by atoms with E-state index >= 15 is 0 Å². The van der Waals surface area contributed by atoms with E-state index in [9.17, 15) is 4.79 Å². The molecule has 92 valence electrons. The summed E-state index contributed by atoms with van der Waals surface area (Å²) in [5.74, 6) is 2.40. The Hall–Kier alpha value is -0.570. The molecule has 1 heterocycles. The molecule has 0 bridgehead atoms. The Labute approximate surface area is 98.4 Å². The average Bonchev–Trinajstić information content (AvgIpc) is 2.87. The van der Waals surface area contributed by atoms with Crippen molar-refractivity contribution in [2.45, 2.75) is 39.0 Å². The van der Waals surface area contributed by atoms with Crippen molar-refractivity contribution in [1.82, 2.24) is 4.90 Å². The van der Waals surface area contributed by atoms with Crippen LogP contribution in [-0.4, -0.2) is 30.4 Å². The lowest BCUT2D eigenvalue weighted by Gasteiger charge is -2.18. The first-order valence-electron chi connectivity index (χ1n) is 6.67. The fourth-order valence-electron chi connectivity index (χ4n) is 3.14. The summed E-state index contributed by atoms with van der Waals surface area (Å²) in [5.41, 5.74) is 5.64. The molecule has 16 heavy (non-hydrogen) atoms. The van der Waals surface area contributed by atoms with E-state index in [0.717, 1.165) is 38.4 Å². The van der Waals surface area contributed by atoms with Crippen LogP contribution in [0.15, 0.2) is 0 Å². The summed E-state index contributed by atoms with van der Waals surface area (Å²) in [4.78, 5) is 14.1. The highest BCUT2D eigenvalue weighted by Gasteiger charge is 2.29. The molecule has 2 rings (SSSR count). The van der Waals surface area contributed by atoms with Gasteiger partial charge in [0.05, 0.1) is 0 Å². The van der Waals surface area contributed by atoms with Crippen LogP contribution in [0.2, 0.25) is 0 Å². The second-order valence-corrected chi connectivity index (χ2v) is 5.72. The van der Waals surface area contributed by atoms with E-state index < -0.39 is 0 Å². The molecule has 2 aliphatic rings. The van der Waals surface area contributed by atoms with Crippen LogP contribution in [0, 0.1) is 17.8 Å². The zero-order chi connectivity index (χ0) is 11.5. The minimum atomic E-state index is 0.370. The number of hydrogen-bond acceptors (Lipinski definition) is 2. The maximum atomic E-state index is 12.1. The fraction of sp³-hybridized carbons (Fsp3) is 0.923. The van der Waals surface area contributed by atoms with Crippen molar-refractivity contribution >= 4 is 5.91 Å². The number of nitrogens with zero attached hydrogens (tertiary/aromatic N) is 1. The number of hydrogen-bond donors (Lipinski definition) is 1. The Kier molecular flexibility index (Phi) is 3.85. The lowest BCUT2D eigenvalue weighted by molar-refractivity contribution is -0.131. The molecular weight excluding hydrogens is 200 g/mol. The highest BCUT2D eigenvalue weighted by Crippen LogP contribution is 2.33. The van der Waals surface area contributed by atoms with E-state index in [4.69, 9.17) is 5.73 Å². The molecule has 2 N–H and O–H groups in total. The SMILES string of the molecule is CC1CCC(CC(=O)N2CCC(CN)C2)C1. The Bertz CT molecular complexity index is 254. The summed E-state index contributed by atoms with van der Waals surface area (Å²) in [5, 5.41) is 0. The van der Waals surface area contributed by atoms with Crippen molar-refractivity contribution in [2.24, 2.45) is 23.5 Å². The minimum Gasteiger partial charge on any atom is -0.342 e. The molecule has 1 aliphatic heterocycles. The molecule has 0 radical (unpaired) electrons. The van der Waals surface area contributed by atoms with Crippen molar-refractivity contribution in [3.8, 4) is 0 Å². The van der Waals surface area contributed by atoms with Crippen LogP contribution < -0.4 is 5.73 Å². The zero-order valence-corrected chi connectivity index (χ0v) is 10.3. The number of rotatable bonds is 3. The normalized spacial score (nSPS) is 34.6. The summed E-state index contributed by atoms with van der Waals surface area (Å²) in [7, 11) is 0. The number of carbonyl (C=O) groups is 1. The van der Waals surface area contributed by atoms with Gasteiger partial charge in [-0.25, -0.2) is 0 Å². The summed E-state index contributed by atoms with van der Waals surface area (Å²) in [6.07, 6.45) is 5.69. The van der Waals surface area contributed by atoms with E-state index in [1.807, 2.05) is 4.90 Å². The van der Waals surface area contributed by atoms with Crippen molar-refractivity contribution in [2.75, 3.05) is 19.6 Å². The van der Waals surface area contributed by atoms with E-state index in [-0.39, 0.29) is 0 Å². The van der Waals surface area contributed by atoms with E-state index in [1.54, 1.807) is 0 Å². The fourth-order valence-corrected chi connectivity index (χ4v) is 3.14. The first-order chi connectivity index (χ1) is 7.69. The smallest absolute Gasteiger partial charge is 0.222 e. The van der Waals surface area contributed by atoms with Crippen LogP contribution in [0.1, 0.15) is 39.0 Å². The quantitative estimate of drug-likeness (QED) is 0.792. The molecule has 3 unspecified atom stereocenters. The molecule has 3 nitrogen and oxygen atoms in total. The number of carbonyl (C=O) groups excluding carboxylic acids is 1. The minimum absolute atomic E-state index is 0.370. The number of nitrogens with two attached hydrogens (primary N) is 1. The van der Waals surface area contributed by atoms with Crippen molar-refractivity contribution in [3.63, 3.8) is 0 Å². The molecular formula is C13H24N2O. The average molecular weight is 224 g/mol. The van der Waals surface area contributed by atoms with Gasteiger partial charge < -0.3 is 10.6 Å². The predicted octanol–water partition coefficient (Wildman–Crippen LogP) is 1.62. The first-order valence-corrected chi connectivity index (χ1v) is 6.67. The Morgan fingerprint density at radius 1 is 1.31 bits per heavy atom. The van der Waals surface area contributed by atoms with Gasteiger partial charge in [-0.3, -0.25) is 4.79 Å². The van der Waals surface area contributed by atoms with Crippen LogP contribution in [0.3, 0.4) is 0 Å². The summed E-state index contributed by atoms with van der Waals surface area (Å²) in [6.45, 7) is 4.86. The van der Waals surface area contributed by atoms with Gasteiger partial charge in [-0.05, 0) is 43.6 Å². The molecule has 0 aromatic carbocycles. The second-order valence-electron chi connectivity index (χ2n) is 5.72. The van der Waals surface area contributed by atoms with Gasteiger partial charge >= 0.3 is 0 Å². The van der Waals surface area contributed by atoms with Crippen LogP contribution in [-0.2, 0) is 4.79 Å². The van der Waals surface area contributed by atoms with Crippen molar-refractivity contribution in [1.29, 1.82) is 0 Å². The maximum Gasteiger partial charge on any atom is 0.222 e. The van der Waals surface area contributed by atoms with Gasteiger partial charge in [0.1, 0.15) is 0 Å². The highest BCUT2D eigenvalue weighted by atomic mass is 16.2. The molecule has 1 saturated carbocycles. The third kappa shape index (κ3) is 2.76. The molecule has 2 fully saturated rings. The molecule has 3 heteroatoms. The van der Waals surface area contributed by atoms with Gasteiger partial charge in [0.15, 0.2) is 0 Å². The summed E-state index contributed by atoms with van der Waals surface area (Å²) >= 11 is 0. The van der Waals surface area contributed by atoms with Gasteiger partial charge in [0.2, 0.25) is 5.91 Å². The Morgan fingerprint density at radius 2 is 2.12 bits per heavy atom. The van der Waals surface area contributed by atoms with Gasteiger partial charge in [0.25, 0.3) is 0 Å². The van der Waals surface area contributed by atoms with Crippen molar-refractivity contribution in [3.05, 3.63) is 0 Å². The Balaban J connectivity index is 1.76. The van der Waals surface area contributed by atoms with E-state index in [2.05, 4.69) is 6.92 Å². The molecule has 1 aliphatic carbocycles. The van der Waals surface area contributed by atoms with Crippen LogP contribution in [0.4, 0.5) is 0 Å². The largest absolute Gasteiger partial charge is 0.342 e. The van der Waals surface area contributed by atoms with Gasteiger partial charge in [-0.15, -0.1) is 0 Å². The molecule has 3 atom stereocenters. The van der Waals surface area contributed by atoms with E-state index in [1.165, 1.54) is 19.3 Å². The van der Waals surface area contributed by atoms with Crippen LogP contribution in [0.25, 0.3) is 0 Å². The predicted molar refractivity (Wildman–Crippen MR) is 64.9 cm³/mol. The topological polar surface area (TPSA) is 46.3 Å². The second kappa shape index (κ2) is 5.17. The van der Waals surface area contributed by atoms with Gasteiger partial charge in [-0.1, -0.05) is 13.3 Å². The Morgan fingerprint density at radius 3 is 2.69 bits per heavy atom. The van der Waals surface area contributed by atoms with Crippen LogP contribution >= 0.6 is 0 Å². The number of likely N-dealkylation sites (tertiary alicyclic amines) is 1. The molecule has 0 aromatic rings. The lowest BCUT2D eigenvalue weighted by Crippen LogP contribution is -2.30. The molecule has 1 amide bonds. The molecule has 1 saturated heterocycles.